The Hall–Kier alpha value is -1.13. The highest BCUT2D eigenvalue weighted by Gasteiger charge is 2.08. The van der Waals surface area contributed by atoms with E-state index in [2.05, 4.69) is 27.8 Å². The van der Waals surface area contributed by atoms with Crippen molar-refractivity contribution in [3.8, 4) is 5.75 Å². The molecule has 0 aliphatic heterocycles. The number of hydrogen-bond donors (Lipinski definition) is 1. The summed E-state index contributed by atoms with van der Waals surface area (Å²) in [6, 6.07) is 5.93. The number of nitrogens with zero attached hydrogens (tertiary/aromatic N) is 1. The van der Waals surface area contributed by atoms with E-state index in [1.807, 2.05) is 18.2 Å². The van der Waals surface area contributed by atoms with Crippen LogP contribution < -0.4 is 10.5 Å². The maximum Gasteiger partial charge on any atom is 0.145 e. The van der Waals surface area contributed by atoms with Gasteiger partial charge in [0.15, 0.2) is 0 Å². The second-order valence-corrected chi connectivity index (χ2v) is 4.74. The van der Waals surface area contributed by atoms with E-state index in [0.29, 0.717) is 13.2 Å². The summed E-state index contributed by atoms with van der Waals surface area (Å²) in [6.45, 7) is 3.34. The molecular formula is C13H15BrN2O. The molecule has 4 heteroatoms. The molecule has 0 amide bonds. The van der Waals surface area contributed by atoms with Gasteiger partial charge in [-0.1, -0.05) is 15.9 Å². The van der Waals surface area contributed by atoms with E-state index in [1.54, 1.807) is 6.20 Å². The third-order valence-electron chi connectivity index (χ3n) is 2.62. The largest absolute Gasteiger partial charge is 0.491 e. The fraction of sp³-hybridized carbons (Fsp3) is 0.308. The van der Waals surface area contributed by atoms with Crippen molar-refractivity contribution in [2.45, 2.75) is 13.3 Å². The molecule has 1 aromatic heterocycles. The van der Waals surface area contributed by atoms with Crippen molar-refractivity contribution < 1.29 is 4.74 Å². The highest BCUT2D eigenvalue weighted by molar-refractivity contribution is 9.10. The van der Waals surface area contributed by atoms with Crippen LogP contribution in [0.5, 0.6) is 5.75 Å². The number of benzene rings is 1. The third-order valence-corrected chi connectivity index (χ3v) is 3.28. The molecule has 2 N–H and O–H groups in total. The van der Waals surface area contributed by atoms with Gasteiger partial charge in [-0.15, -0.1) is 0 Å². The fourth-order valence-electron chi connectivity index (χ4n) is 1.74. The van der Waals surface area contributed by atoms with Gasteiger partial charge in [0, 0.05) is 16.1 Å². The Balaban J connectivity index is 2.44. The third kappa shape index (κ3) is 2.58. The van der Waals surface area contributed by atoms with Crippen LogP contribution in [0.15, 0.2) is 28.9 Å². The molecular weight excluding hydrogens is 280 g/mol. The Kier molecular flexibility index (Phi) is 3.97. The number of aromatic nitrogens is 1. The summed E-state index contributed by atoms with van der Waals surface area (Å²) >= 11 is 3.55. The molecule has 0 spiro atoms. The Morgan fingerprint density at radius 3 is 2.94 bits per heavy atom. The number of hydrogen-bond acceptors (Lipinski definition) is 3. The number of halogens is 1. The maximum absolute atomic E-state index is 5.71. The lowest BCUT2D eigenvalue weighted by atomic mass is 10.1. The van der Waals surface area contributed by atoms with Crippen LogP contribution in [0.25, 0.3) is 10.9 Å². The normalized spacial score (nSPS) is 10.8. The van der Waals surface area contributed by atoms with E-state index in [9.17, 15) is 0 Å². The molecule has 1 heterocycles. The average molecular weight is 295 g/mol. The molecule has 90 valence electrons. The summed E-state index contributed by atoms with van der Waals surface area (Å²) in [6.07, 6.45) is 2.66. The first kappa shape index (κ1) is 12.3. The van der Waals surface area contributed by atoms with Gasteiger partial charge in [0.25, 0.3) is 0 Å². The number of ether oxygens (including phenoxy) is 1. The minimum Gasteiger partial charge on any atom is -0.491 e. The monoisotopic (exact) mass is 294 g/mol. The molecule has 0 atom stereocenters. The van der Waals surface area contributed by atoms with Crippen LogP contribution in [0.3, 0.4) is 0 Å². The van der Waals surface area contributed by atoms with E-state index >= 15 is 0 Å². The van der Waals surface area contributed by atoms with Gasteiger partial charge in [-0.2, -0.15) is 0 Å². The lowest BCUT2D eigenvalue weighted by molar-refractivity contribution is 0.316. The zero-order valence-electron chi connectivity index (χ0n) is 9.74. The molecule has 0 fully saturated rings. The number of pyridine rings is 1. The first-order valence-corrected chi connectivity index (χ1v) is 6.40. The van der Waals surface area contributed by atoms with Crippen molar-refractivity contribution in [3.05, 3.63) is 34.4 Å². The van der Waals surface area contributed by atoms with Gasteiger partial charge in [0.2, 0.25) is 0 Å². The summed E-state index contributed by atoms with van der Waals surface area (Å²) in [5.41, 5.74) is 7.54. The molecule has 17 heavy (non-hydrogen) atoms. The van der Waals surface area contributed by atoms with Crippen LogP contribution >= 0.6 is 15.9 Å². The zero-order valence-corrected chi connectivity index (χ0v) is 11.3. The van der Waals surface area contributed by atoms with Crippen molar-refractivity contribution in [2.24, 2.45) is 5.73 Å². The standard InChI is InChI=1S/C13H15BrN2O/c1-9-5-7-16-13-11(17-8-2-6-15)4-3-10(14)12(9)13/h3-5,7H,2,6,8,15H2,1H3. The Labute approximate surface area is 109 Å². The Bertz CT molecular complexity index is 520. The second kappa shape index (κ2) is 5.47. The Morgan fingerprint density at radius 1 is 1.35 bits per heavy atom. The van der Waals surface area contributed by atoms with E-state index < -0.39 is 0 Å². The number of rotatable bonds is 4. The SMILES string of the molecule is Cc1ccnc2c(OCCCN)ccc(Br)c12. The van der Waals surface area contributed by atoms with Crippen LogP contribution in [-0.2, 0) is 0 Å². The minimum atomic E-state index is 0.628. The van der Waals surface area contributed by atoms with Crippen molar-refractivity contribution in [3.63, 3.8) is 0 Å². The van der Waals surface area contributed by atoms with Crippen LogP contribution in [0, 0.1) is 6.92 Å². The van der Waals surface area contributed by atoms with Gasteiger partial charge in [-0.05, 0) is 43.7 Å². The molecule has 0 saturated carbocycles. The topological polar surface area (TPSA) is 48.1 Å². The number of nitrogens with two attached hydrogens (primary N) is 1. The lowest BCUT2D eigenvalue weighted by Gasteiger charge is -2.10. The van der Waals surface area contributed by atoms with E-state index in [-0.39, 0.29) is 0 Å². The predicted octanol–water partition coefficient (Wildman–Crippen LogP) is 3.03. The smallest absolute Gasteiger partial charge is 0.145 e. The number of fused-ring (bicyclic) bond motifs is 1. The van der Waals surface area contributed by atoms with Crippen LogP contribution in [0.4, 0.5) is 0 Å². The van der Waals surface area contributed by atoms with Gasteiger partial charge in [0.05, 0.1) is 6.61 Å². The number of aryl methyl sites for hydroxylation is 1. The molecule has 0 saturated heterocycles. The molecule has 0 bridgehead atoms. The summed E-state index contributed by atoms with van der Waals surface area (Å²) in [5, 5.41) is 1.11. The Morgan fingerprint density at radius 2 is 2.18 bits per heavy atom. The molecule has 2 aromatic rings. The quantitative estimate of drug-likeness (QED) is 0.882. The molecule has 0 aliphatic rings. The van der Waals surface area contributed by atoms with Crippen LogP contribution in [0.2, 0.25) is 0 Å². The van der Waals surface area contributed by atoms with Gasteiger partial charge in [-0.3, -0.25) is 4.98 Å². The molecule has 0 unspecified atom stereocenters. The van der Waals surface area contributed by atoms with Crippen molar-refractivity contribution in [2.75, 3.05) is 13.2 Å². The molecule has 3 nitrogen and oxygen atoms in total. The average Bonchev–Trinajstić information content (AvgIpc) is 2.32. The van der Waals surface area contributed by atoms with Gasteiger partial charge in [-0.25, -0.2) is 0 Å². The first-order valence-electron chi connectivity index (χ1n) is 5.60. The fourth-order valence-corrected chi connectivity index (χ4v) is 2.37. The molecule has 0 aliphatic carbocycles. The van der Waals surface area contributed by atoms with Crippen molar-refractivity contribution >= 4 is 26.8 Å². The summed E-state index contributed by atoms with van der Waals surface area (Å²) in [5.74, 6) is 0.820. The molecule has 0 radical (unpaired) electrons. The summed E-state index contributed by atoms with van der Waals surface area (Å²) < 4.78 is 6.75. The van der Waals surface area contributed by atoms with E-state index in [1.165, 1.54) is 5.56 Å². The summed E-state index contributed by atoms with van der Waals surface area (Å²) in [4.78, 5) is 4.40. The molecule has 2 rings (SSSR count). The van der Waals surface area contributed by atoms with Crippen molar-refractivity contribution in [1.82, 2.24) is 4.98 Å². The highest BCUT2D eigenvalue weighted by atomic mass is 79.9. The predicted molar refractivity (Wildman–Crippen MR) is 73.3 cm³/mol. The lowest BCUT2D eigenvalue weighted by Crippen LogP contribution is -2.06. The zero-order chi connectivity index (χ0) is 12.3. The van der Waals surface area contributed by atoms with E-state index in [0.717, 1.165) is 27.5 Å². The first-order chi connectivity index (χ1) is 8.24. The second-order valence-electron chi connectivity index (χ2n) is 3.89. The minimum absolute atomic E-state index is 0.628. The van der Waals surface area contributed by atoms with E-state index in [4.69, 9.17) is 10.5 Å². The maximum atomic E-state index is 5.71. The highest BCUT2D eigenvalue weighted by Crippen LogP contribution is 2.32. The van der Waals surface area contributed by atoms with Gasteiger partial charge in [0.1, 0.15) is 11.3 Å². The molecule has 1 aromatic carbocycles. The summed E-state index contributed by atoms with van der Waals surface area (Å²) in [7, 11) is 0. The van der Waals surface area contributed by atoms with Crippen LogP contribution in [-0.4, -0.2) is 18.1 Å². The van der Waals surface area contributed by atoms with Crippen molar-refractivity contribution in [1.29, 1.82) is 0 Å². The van der Waals surface area contributed by atoms with Gasteiger partial charge < -0.3 is 10.5 Å². The van der Waals surface area contributed by atoms with Crippen LogP contribution in [0.1, 0.15) is 12.0 Å². The van der Waals surface area contributed by atoms with Gasteiger partial charge >= 0.3 is 0 Å².